The predicted octanol–water partition coefficient (Wildman–Crippen LogP) is 2.49. The number of carboxylic acid groups (broad SMARTS) is 1. The molecule has 1 rings (SSSR count). The van der Waals surface area contributed by atoms with Crippen molar-refractivity contribution >= 4 is 11.9 Å². The largest absolute Gasteiger partial charge is 0.480 e. The number of allylic oxidation sites excluding steroid dienone is 1. The van der Waals surface area contributed by atoms with E-state index in [1.165, 1.54) is 6.42 Å². The molecule has 1 atom stereocenters. The summed E-state index contributed by atoms with van der Waals surface area (Å²) in [6, 6.07) is -0.797. The van der Waals surface area contributed by atoms with Crippen molar-refractivity contribution in [2.45, 2.75) is 58.4 Å². The van der Waals surface area contributed by atoms with Gasteiger partial charge < -0.3 is 10.4 Å². The van der Waals surface area contributed by atoms with E-state index in [2.05, 4.69) is 5.32 Å². The Morgan fingerprint density at radius 2 is 1.89 bits per heavy atom. The number of carboxylic acids is 1. The van der Waals surface area contributed by atoms with Gasteiger partial charge in [-0.15, -0.1) is 0 Å². The van der Waals surface area contributed by atoms with Crippen molar-refractivity contribution in [2.75, 3.05) is 0 Å². The summed E-state index contributed by atoms with van der Waals surface area (Å²) in [6.07, 6.45) is 7.31. The Hall–Kier alpha value is -1.32. The molecule has 4 heteroatoms. The third-order valence-corrected chi connectivity index (χ3v) is 3.35. The van der Waals surface area contributed by atoms with Gasteiger partial charge in [0.1, 0.15) is 6.04 Å². The normalized spacial score (nSPS) is 17.9. The zero-order valence-electron chi connectivity index (χ0n) is 11.2. The van der Waals surface area contributed by atoms with Gasteiger partial charge in [-0.2, -0.15) is 0 Å². The summed E-state index contributed by atoms with van der Waals surface area (Å²) < 4.78 is 0. The first-order valence-corrected chi connectivity index (χ1v) is 6.67. The monoisotopic (exact) mass is 253 g/mol. The van der Waals surface area contributed by atoms with E-state index in [-0.39, 0.29) is 11.8 Å². The number of nitrogens with one attached hydrogen (secondary N) is 1. The molecule has 1 aliphatic carbocycles. The summed E-state index contributed by atoms with van der Waals surface area (Å²) in [5.74, 6) is -1.05. The molecule has 102 valence electrons. The number of aliphatic carboxylic acids is 1. The molecule has 0 spiro atoms. The molecule has 1 amide bonds. The topological polar surface area (TPSA) is 66.4 Å². The number of amides is 1. The number of rotatable bonds is 5. The SMILES string of the molecule is CC(C)=CC[C@H](NC(=O)C1CCCCC1)C(=O)O. The minimum atomic E-state index is -0.961. The van der Waals surface area contributed by atoms with E-state index < -0.39 is 12.0 Å². The van der Waals surface area contributed by atoms with Crippen molar-refractivity contribution in [3.63, 3.8) is 0 Å². The maximum absolute atomic E-state index is 12.0. The number of carbonyl (C=O) groups excluding carboxylic acids is 1. The molecule has 0 heterocycles. The van der Waals surface area contributed by atoms with E-state index in [1.807, 2.05) is 19.9 Å². The molecule has 0 aromatic rings. The van der Waals surface area contributed by atoms with E-state index in [0.717, 1.165) is 31.3 Å². The summed E-state index contributed by atoms with van der Waals surface area (Å²) >= 11 is 0. The second kappa shape index (κ2) is 7.19. The van der Waals surface area contributed by atoms with Gasteiger partial charge >= 0.3 is 5.97 Å². The molecule has 0 bridgehead atoms. The third kappa shape index (κ3) is 4.90. The van der Waals surface area contributed by atoms with Crippen molar-refractivity contribution in [1.82, 2.24) is 5.32 Å². The van der Waals surface area contributed by atoms with Crippen LogP contribution in [0.25, 0.3) is 0 Å². The maximum Gasteiger partial charge on any atom is 0.326 e. The van der Waals surface area contributed by atoms with Gasteiger partial charge in [-0.05, 0) is 33.1 Å². The highest BCUT2D eigenvalue weighted by molar-refractivity contribution is 5.85. The van der Waals surface area contributed by atoms with Crippen LogP contribution in [0.3, 0.4) is 0 Å². The zero-order chi connectivity index (χ0) is 13.5. The van der Waals surface area contributed by atoms with Crippen LogP contribution in [0.5, 0.6) is 0 Å². The second-order valence-electron chi connectivity index (χ2n) is 5.25. The van der Waals surface area contributed by atoms with Crippen molar-refractivity contribution in [3.8, 4) is 0 Å². The molecular formula is C14H23NO3. The maximum atomic E-state index is 12.0. The lowest BCUT2D eigenvalue weighted by Gasteiger charge is -2.22. The smallest absolute Gasteiger partial charge is 0.326 e. The average Bonchev–Trinajstić information content (AvgIpc) is 2.34. The quantitative estimate of drug-likeness (QED) is 0.740. The van der Waals surface area contributed by atoms with Crippen LogP contribution in [0.1, 0.15) is 52.4 Å². The van der Waals surface area contributed by atoms with E-state index in [9.17, 15) is 9.59 Å². The highest BCUT2D eigenvalue weighted by Crippen LogP contribution is 2.23. The Kier molecular flexibility index (Phi) is 5.89. The Morgan fingerprint density at radius 3 is 2.39 bits per heavy atom. The Labute approximate surface area is 108 Å². The van der Waals surface area contributed by atoms with E-state index in [1.54, 1.807) is 0 Å². The third-order valence-electron chi connectivity index (χ3n) is 3.35. The first-order valence-electron chi connectivity index (χ1n) is 6.67. The van der Waals surface area contributed by atoms with E-state index in [4.69, 9.17) is 5.11 Å². The molecule has 4 nitrogen and oxygen atoms in total. The molecule has 2 N–H and O–H groups in total. The van der Waals surface area contributed by atoms with Crippen LogP contribution in [-0.2, 0) is 9.59 Å². The van der Waals surface area contributed by atoms with E-state index >= 15 is 0 Å². The fourth-order valence-electron chi connectivity index (χ4n) is 2.23. The molecule has 0 aromatic heterocycles. The number of hydrogen-bond donors (Lipinski definition) is 2. The summed E-state index contributed by atoms with van der Waals surface area (Å²) in [4.78, 5) is 23.0. The van der Waals surface area contributed by atoms with Gasteiger partial charge in [-0.1, -0.05) is 30.9 Å². The summed E-state index contributed by atoms with van der Waals surface area (Å²) in [7, 11) is 0. The van der Waals surface area contributed by atoms with Crippen molar-refractivity contribution in [3.05, 3.63) is 11.6 Å². The standard InChI is InChI=1S/C14H23NO3/c1-10(2)8-9-12(14(17)18)15-13(16)11-6-4-3-5-7-11/h8,11-12H,3-7,9H2,1-2H3,(H,15,16)(H,17,18)/t12-/m0/s1. The predicted molar refractivity (Wildman–Crippen MR) is 70.2 cm³/mol. The lowest BCUT2D eigenvalue weighted by atomic mass is 9.88. The van der Waals surface area contributed by atoms with Crippen molar-refractivity contribution in [2.24, 2.45) is 5.92 Å². The van der Waals surface area contributed by atoms with Gasteiger partial charge in [0.05, 0.1) is 0 Å². The highest BCUT2D eigenvalue weighted by atomic mass is 16.4. The van der Waals surface area contributed by atoms with Crippen molar-refractivity contribution < 1.29 is 14.7 Å². The summed E-state index contributed by atoms with van der Waals surface area (Å²) in [6.45, 7) is 3.84. The Balaban J connectivity index is 2.51. The molecule has 1 aliphatic rings. The summed E-state index contributed by atoms with van der Waals surface area (Å²) in [5, 5.41) is 11.7. The van der Waals surface area contributed by atoms with Crippen LogP contribution < -0.4 is 5.32 Å². The fourth-order valence-corrected chi connectivity index (χ4v) is 2.23. The van der Waals surface area contributed by atoms with Crippen LogP contribution >= 0.6 is 0 Å². The molecule has 0 aromatic carbocycles. The highest BCUT2D eigenvalue weighted by Gasteiger charge is 2.25. The molecule has 0 unspecified atom stereocenters. The van der Waals surface area contributed by atoms with Gasteiger partial charge in [-0.3, -0.25) is 4.79 Å². The zero-order valence-corrected chi connectivity index (χ0v) is 11.2. The first-order chi connectivity index (χ1) is 8.50. The van der Waals surface area contributed by atoms with Crippen LogP contribution in [-0.4, -0.2) is 23.0 Å². The fraction of sp³-hybridized carbons (Fsp3) is 0.714. The van der Waals surface area contributed by atoms with Gasteiger partial charge in [0.2, 0.25) is 5.91 Å². The Bertz CT molecular complexity index is 326. The van der Waals surface area contributed by atoms with Gasteiger partial charge in [0, 0.05) is 5.92 Å². The second-order valence-corrected chi connectivity index (χ2v) is 5.25. The molecule has 18 heavy (non-hydrogen) atoms. The molecule has 1 fully saturated rings. The van der Waals surface area contributed by atoms with Crippen LogP contribution in [0, 0.1) is 5.92 Å². The minimum Gasteiger partial charge on any atom is -0.480 e. The molecule has 0 aliphatic heterocycles. The van der Waals surface area contributed by atoms with Crippen LogP contribution in [0.4, 0.5) is 0 Å². The Morgan fingerprint density at radius 1 is 1.28 bits per heavy atom. The summed E-state index contributed by atoms with van der Waals surface area (Å²) in [5.41, 5.74) is 1.06. The molecule has 1 saturated carbocycles. The van der Waals surface area contributed by atoms with Gasteiger partial charge in [0.15, 0.2) is 0 Å². The lowest BCUT2D eigenvalue weighted by molar-refractivity contribution is -0.142. The average molecular weight is 253 g/mol. The number of hydrogen-bond acceptors (Lipinski definition) is 2. The molecule has 0 saturated heterocycles. The first kappa shape index (κ1) is 14.7. The van der Waals surface area contributed by atoms with Gasteiger partial charge in [-0.25, -0.2) is 4.79 Å². The number of carbonyl (C=O) groups is 2. The lowest BCUT2D eigenvalue weighted by Crippen LogP contribution is -2.43. The van der Waals surface area contributed by atoms with Gasteiger partial charge in [0.25, 0.3) is 0 Å². The van der Waals surface area contributed by atoms with Crippen LogP contribution in [0.2, 0.25) is 0 Å². The van der Waals surface area contributed by atoms with Crippen LogP contribution in [0.15, 0.2) is 11.6 Å². The van der Waals surface area contributed by atoms with Crippen molar-refractivity contribution in [1.29, 1.82) is 0 Å². The molecule has 0 radical (unpaired) electrons. The minimum absolute atomic E-state index is 0.00676. The molecular weight excluding hydrogens is 230 g/mol. The van der Waals surface area contributed by atoms with E-state index in [0.29, 0.717) is 6.42 Å².